The van der Waals surface area contributed by atoms with E-state index in [1.54, 1.807) is 0 Å². The van der Waals surface area contributed by atoms with Crippen LogP contribution in [0, 0.1) is 0 Å². The van der Waals surface area contributed by atoms with Gasteiger partial charge in [-0.15, -0.1) is 0 Å². The highest BCUT2D eigenvalue weighted by molar-refractivity contribution is 6.21. The van der Waals surface area contributed by atoms with Crippen LogP contribution in [0.25, 0.3) is 77.5 Å². The number of oxazole rings is 1. The zero-order valence-electron chi connectivity index (χ0n) is 27.5. The molecule has 0 saturated heterocycles. The fourth-order valence-corrected chi connectivity index (χ4v) is 7.31. The minimum Gasteiger partial charge on any atom is -0.455 e. The molecule has 2 aromatic heterocycles. The summed E-state index contributed by atoms with van der Waals surface area (Å²) in [7, 11) is 0. The minimum atomic E-state index is 0.585. The third-order valence-corrected chi connectivity index (χ3v) is 9.69. The predicted molar refractivity (Wildman–Crippen MR) is 210 cm³/mol. The number of rotatable bonds is 6. The standard InChI is InChI=1S/C47H30N2O2/c1-3-12-31(13-4-1)32-22-26-36(27-23-32)49(35-15-5-2-6-16-35)37-28-24-33(25-29-37)44-38-17-8-7-14-34(38)30-40-45-39(18-11-21-43(45)50-46(40)44)47-48-41-19-9-10-20-42(41)51-47/h1-30H. The van der Waals surface area contributed by atoms with Crippen LogP contribution in [0.15, 0.2) is 191 Å². The van der Waals surface area contributed by atoms with Crippen molar-refractivity contribution in [3.8, 4) is 33.7 Å². The topological polar surface area (TPSA) is 42.4 Å². The quantitative estimate of drug-likeness (QED) is 0.179. The highest BCUT2D eigenvalue weighted by Crippen LogP contribution is 2.45. The molecule has 0 spiro atoms. The Morgan fingerprint density at radius 3 is 1.80 bits per heavy atom. The number of para-hydroxylation sites is 3. The van der Waals surface area contributed by atoms with E-state index in [1.165, 1.54) is 11.1 Å². The van der Waals surface area contributed by atoms with Gasteiger partial charge in [-0.1, -0.05) is 115 Å². The Kier molecular flexibility index (Phi) is 6.78. The smallest absolute Gasteiger partial charge is 0.228 e. The van der Waals surface area contributed by atoms with Gasteiger partial charge in [0, 0.05) is 39.0 Å². The van der Waals surface area contributed by atoms with E-state index in [1.807, 2.05) is 42.5 Å². The van der Waals surface area contributed by atoms with Crippen LogP contribution in [0.4, 0.5) is 17.1 Å². The van der Waals surface area contributed by atoms with E-state index >= 15 is 0 Å². The van der Waals surface area contributed by atoms with Crippen molar-refractivity contribution < 1.29 is 8.83 Å². The van der Waals surface area contributed by atoms with Crippen molar-refractivity contribution in [3.05, 3.63) is 182 Å². The lowest BCUT2D eigenvalue weighted by atomic mass is 9.94. The molecular formula is C47H30N2O2. The molecule has 2 heterocycles. The average Bonchev–Trinajstić information content (AvgIpc) is 3.80. The Balaban J connectivity index is 1.12. The fraction of sp³-hybridized carbons (Fsp3) is 0. The summed E-state index contributed by atoms with van der Waals surface area (Å²) >= 11 is 0. The van der Waals surface area contributed by atoms with Gasteiger partial charge in [-0.2, -0.15) is 0 Å². The van der Waals surface area contributed by atoms with Crippen molar-refractivity contribution >= 4 is 60.9 Å². The zero-order chi connectivity index (χ0) is 33.7. The van der Waals surface area contributed by atoms with Gasteiger partial charge in [0.15, 0.2) is 5.58 Å². The lowest BCUT2D eigenvalue weighted by molar-refractivity contribution is 0.620. The van der Waals surface area contributed by atoms with Crippen LogP contribution in [-0.2, 0) is 0 Å². The van der Waals surface area contributed by atoms with Crippen LogP contribution in [0.1, 0.15) is 0 Å². The van der Waals surface area contributed by atoms with Crippen molar-refractivity contribution in [3.63, 3.8) is 0 Å². The molecule has 10 rings (SSSR count). The molecular weight excluding hydrogens is 625 g/mol. The fourth-order valence-electron chi connectivity index (χ4n) is 7.31. The molecule has 51 heavy (non-hydrogen) atoms. The number of hydrogen-bond donors (Lipinski definition) is 0. The molecule has 0 aliphatic carbocycles. The number of nitrogens with zero attached hydrogens (tertiary/aromatic N) is 2. The van der Waals surface area contributed by atoms with E-state index in [9.17, 15) is 0 Å². The Labute approximate surface area is 294 Å². The molecule has 4 nitrogen and oxygen atoms in total. The Morgan fingerprint density at radius 1 is 0.431 bits per heavy atom. The minimum absolute atomic E-state index is 0.585. The molecule has 0 aliphatic heterocycles. The second-order valence-corrected chi connectivity index (χ2v) is 12.7. The molecule has 0 atom stereocenters. The Hall–Kier alpha value is -6.91. The summed E-state index contributed by atoms with van der Waals surface area (Å²) < 4.78 is 13.0. The van der Waals surface area contributed by atoms with E-state index in [2.05, 4.69) is 144 Å². The summed E-state index contributed by atoms with van der Waals surface area (Å²) in [6.07, 6.45) is 0. The van der Waals surface area contributed by atoms with Gasteiger partial charge in [-0.05, 0) is 94.2 Å². The molecule has 0 radical (unpaired) electrons. The van der Waals surface area contributed by atoms with E-state index in [-0.39, 0.29) is 0 Å². The highest BCUT2D eigenvalue weighted by Gasteiger charge is 2.21. The number of benzene rings is 8. The van der Waals surface area contributed by atoms with E-state index < -0.39 is 0 Å². The van der Waals surface area contributed by atoms with Gasteiger partial charge in [-0.25, -0.2) is 4.98 Å². The van der Waals surface area contributed by atoms with Gasteiger partial charge in [0.05, 0.1) is 0 Å². The largest absolute Gasteiger partial charge is 0.455 e. The first-order chi connectivity index (χ1) is 25.3. The molecule has 8 aromatic carbocycles. The molecule has 0 N–H and O–H groups in total. The molecule has 240 valence electrons. The third-order valence-electron chi connectivity index (χ3n) is 9.69. The van der Waals surface area contributed by atoms with Crippen molar-refractivity contribution in [2.75, 3.05) is 4.90 Å². The first-order valence-corrected chi connectivity index (χ1v) is 17.1. The lowest BCUT2D eigenvalue weighted by Gasteiger charge is -2.26. The van der Waals surface area contributed by atoms with Crippen LogP contribution >= 0.6 is 0 Å². The zero-order valence-corrected chi connectivity index (χ0v) is 27.5. The van der Waals surface area contributed by atoms with Crippen LogP contribution in [0.2, 0.25) is 0 Å². The van der Waals surface area contributed by atoms with Crippen LogP contribution in [-0.4, -0.2) is 4.98 Å². The predicted octanol–water partition coefficient (Wildman–Crippen LogP) is 13.4. The SMILES string of the molecule is c1ccc(-c2ccc(N(c3ccccc3)c3ccc(-c4c5ccccc5cc5c4oc4cccc(-c6nc7ccccc7o6)c45)cc3)cc2)cc1. The number of aromatic nitrogens is 1. The van der Waals surface area contributed by atoms with Gasteiger partial charge < -0.3 is 13.7 Å². The molecule has 0 amide bonds. The van der Waals surface area contributed by atoms with Crippen molar-refractivity contribution in [2.24, 2.45) is 0 Å². The second kappa shape index (κ2) is 11.9. The Morgan fingerprint density at radius 2 is 1.04 bits per heavy atom. The maximum atomic E-state index is 6.77. The summed E-state index contributed by atoms with van der Waals surface area (Å²) in [6, 6.07) is 63.3. The molecule has 0 saturated carbocycles. The van der Waals surface area contributed by atoms with Gasteiger partial charge in [0.25, 0.3) is 0 Å². The molecule has 0 aliphatic rings. The van der Waals surface area contributed by atoms with Crippen LogP contribution in [0.5, 0.6) is 0 Å². The van der Waals surface area contributed by atoms with Crippen LogP contribution < -0.4 is 4.90 Å². The molecule has 10 aromatic rings. The second-order valence-electron chi connectivity index (χ2n) is 12.7. The van der Waals surface area contributed by atoms with Gasteiger partial charge >= 0.3 is 0 Å². The first kappa shape index (κ1) is 29.0. The monoisotopic (exact) mass is 654 g/mol. The summed E-state index contributed by atoms with van der Waals surface area (Å²) in [5.41, 5.74) is 11.9. The summed E-state index contributed by atoms with van der Waals surface area (Å²) in [4.78, 5) is 7.14. The summed E-state index contributed by atoms with van der Waals surface area (Å²) in [5, 5.41) is 4.31. The molecule has 4 heteroatoms. The van der Waals surface area contributed by atoms with Gasteiger partial charge in [-0.3, -0.25) is 0 Å². The van der Waals surface area contributed by atoms with E-state index in [0.717, 1.165) is 77.6 Å². The molecule has 0 unspecified atom stereocenters. The molecule has 0 fully saturated rings. The normalized spacial score (nSPS) is 11.5. The van der Waals surface area contributed by atoms with Gasteiger partial charge in [0.1, 0.15) is 16.7 Å². The lowest BCUT2D eigenvalue weighted by Crippen LogP contribution is -2.09. The average molecular weight is 655 g/mol. The Bertz CT molecular complexity index is 2800. The summed E-state index contributed by atoms with van der Waals surface area (Å²) in [5.74, 6) is 0.585. The number of hydrogen-bond acceptors (Lipinski definition) is 4. The van der Waals surface area contributed by atoms with E-state index in [4.69, 9.17) is 13.8 Å². The van der Waals surface area contributed by atoms with Crippen LogP contribution in [0.3, 0.4) is 0 Å². The molecule has 0 bridgehead atoms. The number of furan rings is 1. The van der Waals surface area contributed by atoms with Crippen molar-refractivity contribution in [1.82, 2.24) is 4.98 Å². The number of fused-ring (bicyclic) bond motifs is 5. The van der Waals surface area contributed by atoms with E-state index in [0.29, 0.717) is 5.89 Å². The third kappa shape index (κ3) is 4.96. The first-order valence-electron chi connectivity index (χ1n) is 17.1. The summed E-state index contributed by atoms with van der Waals surface area (Å²) in [6.45, 7) is 0. The maximum absolute atomic E-state index is 6.77. The highest BCUT2D eigenvalue weighted by atomic mass is 16.3. The maximum Gasteiger partial charge on any atom is 0.228 e. The number of anilines is 3. The van der Waals surface area contributed by atoms with Crippen molar-refractivity contribution in [2.45, 2.75) is 0 Å². The van der Waals surface area contributed by atoms with Gasteiger partial charge in [0.2, 0.25) is 5.89 Å². The van der Waals surface area contributed by atoms with Crippen molar-refractivity contribution in [1.29, 1.82) is 0 Å².